The van der Waals surface area contributed by atoms with Gasteiger partial charge < -0.3 is 4.74 Å². The molecular formula is C7H5F3N2O3. The zero-order chi connectivity index (χ0) is 11.6. The van der Waals surface area contributed by atoms with Crippen molar-refractivity contribution in [2.45, 2.75) is 6.18 Å². The topological polar surface area (TPSA) is 65.3 Å². The lowest BCUT2D eigenvalue weighted by Gasteiger charge is -2.08. The fourth-order valence-electron chi connectivity index (χ4n) is 0.985. The summed E-state index contributed by atoms with van der Waals surface area (Å²) in [5.41, 5.74) is -2.74. The molecule has 15 heavy (non-hydrogen) atoms. The molecule has 8 heteroatoms. The molecule has 0 amide bonds. The molecule has 0 saturated carbocycles. The van der Waals surface area contributed by atoms with Crippen LogP contribution in [0.5, 0.6) is 5.75 Å². The highest BCUT2D eigenvalue weighted by molar-refractivity contribution is 5.50. The van der Waals surface area contributed by atoms with Crippen LogP contribution < -0.4 is 4.74 Å². The molecule has 0 aromatic carbocycles. The van der Waals surface area contributed by atoms with Gasteiger partial charge >= 0.3 is 11.9 Å². The van der Waals surface area contributed by atoms with Crippen LogP contribution in [0.25, 0.3) is 0 Å². The number of methoxy groups -OCH3 is 1. The Hall–Kier alpha value is -1.86. The number of rotatable bonds is 2. The van der Waals surface area contributed by atoms with E-state index in [1.54, 1.807) is 0 Å². The molecular weight excluding hydrogens is 217 g/mol. The van der Waals surface area contributed by atoms with Gasteiger partial charge in [0.05, 0.1) is 12.0 Å². The van der Waals surface area contributed by atoms with Crippen LogP contribution in [-0.2, 0) is 6.18 Å². The van der Waals surface area contributed by atoms with Crippen molar-refractivity contribution in [2.75, 3.05) is 7.11 Å². The Morgan fingerprint density at radius 1 is 1.53 bits per heavy atom. The first kappa shape index (κ1) is 11.2. The Morgan fingerprint density at radius 3 is 2.53 bits per heavy atom. The summed E-state index contributed by atoms with van der Waals surface area (Å²) in [4.78, 5) is 12.2. The maximum absolute atomic E-state index is 12.3. The summed E-state index contributed by atoms with van der Waals surface area (Å²) in [5.74, 6) is -0.470. The van der Waals surface area contributed by atoms with Gasteiger partial charge in [0.25, 0.3) is 0 Å². The first-order valence-electron chi connectivity index (χ1n) is 3.62. The largest absolute Gasteiger partial charge is 0.490 e. The van der Waals surface area contributed by atoms with Crippen molar-refractivity contribution in [3.8, 4) is 5.75 Å². The normalized spacial score (nSPS) is 11.2. The summed E-state index contributed by atoms with van der Waals surface area (Å²) >= 11 is 0. The molecule has 0 aliphatic heterocycles. The molecule has 0 aliphatic rings. The first-order chi connectivity index (χ1) is 6.88. The van der Waals surface area contributed by atoms with Gasteiger partial charge in [-0.1, -0.05) is 0 Å². The molecule has 1 aromatic rings. The molecule has 1 rings (SSSR count). The van der Waals surface area contributed by atoms with E-state index in [4.69, 9.17) is 0 Å². The summed E-state index contributed by atoms with van der Waals surface area (Å²) in [5, 5.41) is 10.4. The predicted octanol–water partition coefficient (Wildman–Crippen LogP) is 2.02. The van der Waals surface area contributed by atoms with Gasteiger partial charge in [0, 0.05) is 12.3 Å². The Morgan fingerprint density at radius 2 is 2.13 bits per heavy atom. The lowest BCUT2D eigenvalue weighted by Crippen LogP contribution is -2.12. The summed E-state index contributed by atoms with van der Waals surface area (Å²) in [6.45, 7) is 0. The number of nitrogens with zero attached hydrogens (tertiary/aromatic N) is 2. The van der Waals surface area contributed by atoms with E-state index in [0.29, 0.717) is 0 Å². The van der Waals surface area contributed by atoms with Crippen LogP contribution in [0, 0.1) is 10.1 Å². The van der Waals surface area contributed by atoms with E-state index in [1.807, 2.05) is 0 Å². The third kappa shape index (κ3) is 2.14. The lowest BCUT2D eigenvalue weighted by molar-refractivity contribution is -0.389. The molecule has 0 saturated heterocycles. The minimum atomic E-state index is -4.88. The summed E-state index contributed by atoms with van der Waals surface area (Å²) in [6.07, 6.45) is -4.08. The number of aromatic nitrogens is 1. The van der Waals surface area contributed by atoms with Gasteiger partial charge in [-0.25, -0.2) is 4.98 Å². The zero-order valence-electron chi connectivity index (χ0n) is 7.41. The van der Waals surface area contributed by atoms with Gasteiger partial charge in [0.1, 0.15) is 0 Å². The predicted molar refractivity (Wildman–Crippen MR) is 42.4 cm³/mol. The molecule has 0 unspecified atom stereocenters. The maximum Gasteiger partial charge on any atom is 0.440 e. The minimum Gasteiger partial charge on any atom is -0.490 e. The van der Waals surface area contributed by atoms with Crippen molar-refractivity contribution in [2.24, 2.45) is 0 Å². The second kappa shape index (κ2) is 3.71. The van der Waals surface area contributed by atoms with E-state index in [-0.39, 0.29) is 0 Å². The highest BCUT2D eigenvalue weighted by Gasteiger charge is 2.42. The van der Waals surface area contributed by atoms with Gasteiger partial charge in [-0.3, -0.25) is 10.1 Å². The average molecular weight is 222 g/mol. The fraction of sp³-hybridized carbons (Fsp3) is 0.286. The standard InChI is InChI=1S/C7H5F3N2O3/c1-15-4-2-3-11-6(7(8,9)10)5(4)12(13)14/h2-3H,1H3. The SMILES string of the molecule is COc1ccnc(C(F)(F)F)c1[N+](=O)[O-]. The van der Waals surface area contributed by atoms with Crippen LogP contribution in [0.2, 0.25) is 0 Å². The van der Waals surface area contributed by atoms with Gasteiger partial charge in [-0.15, -0.1) is 0 Å². The van der Waals surface area contributed by atoms with Gasteiger partial charge in [0.15, 0.2) is 0 Å². The van der Waals surface area contributed by atoms with Crippen LogP contribution in [0.3, 0.4) is 0 Å². The summed E-state index contributed by atoms with van der Waals surface area (Å²) in [7, 11) is 1.04. The Bertz CT molecular complexity index is 392. The molecule has 0 radical (unpaired) electrons. The smallest absolute Gasteiger partial charge is 0.440 e. The molecule has 1 aromatic heterocycles. The monoisotopic (exact) mass is 222 g/mol. The molecule has 0 bridgehead atoms. The van der Waals surface area contributed by atoms with Gasteiger partial charge in [0.2, 0.25) is 11.4 Å². The number of ether oxygens (including phenoxy) is 1. The van der Waals surface area contributed by atoms with Gasteiger partial charge in [-0.2, -0.15) is 13.2 Å². The Balaban J connectivity index is 3.46. The Labute approximate surface area is 81.6 Å². The number of hydrogen-bond acceptors (Lipinski definition) is 4. The second-order valence-corrected chi connectivity index (χ2v) is 2.47. The van der Waals surface area contributed by atoms with Crippen molar-refractivity contribution in [1.82, 2.24) is 4.98 Å². The number of hydrogen-bond donors (Lipinski definition) is 0. The third-order valence-corrected chi connectivity index (χ3v) is 1.56. The highest BCUT2D eigenvalue weighted by atomic mass is 19.4. The average Bonchev–Trinajstić information content (AvgIpc) is 2.15. The van der Waals surface area contributed by atoms with Crippen LogP contribution >= 0.6 is 0 Å². The highest BCUT2D eigenvalue weighted by Crippen LogP contribution is 2.39. The van der Waals surface area contributed by atoms with Crippen molar-refractivity contribution >= 4 is 5.69 Å². The van der Waals surface area contributed by atoms with Gasteiger partial charge in [-0.05, 0) is 0 Å². The lowest BCUT2D eigenvalue weighted by atomic mass is 10.2. The molecule has 0 N–H and O–H groups in total. The molecule has 82 valence electrons. The number of nitro groups is 1. The summed E-state index contributed by atoms with van der Waals surface area (Å²) < 4.78 is 41.4. The number of halogens is 3. The molecule has 0 fully saturated rings. The van der Waals surface area contributed by atoms with Crippen molar-refractivity contribution in [1.29, 1.82) is 0 Å². The number of pyridine rings is 1. The second-order valence-electron chi connectivity index (χ2n) is 2.47. The van der Waals surface area contributed by atoms with Crippen LogP contribution in [0.4, 0.5) is 18.9 Å². The molecule has 0 aliphatic carbocycles. The third-order valence-electron chi connectivity index (χ3n) is 1.56. The van der Waals surface area contributed by atoms with E-state index >= 15 is 0 Å². The van der Waals surface area contributed by atoms with Crippen molar-refractivity contribution in [3.63, 3.8) is 0 Å². The van der Waals surface area contributed by atoms with E-state index in [9.17, 15) is 23.3 Å². The Kier molecular flexibility index (Phi) is 2.78. The summed E-state index contributed by atoms with van der Waals surface area (Å²) in [6, 6.07) is 0.993. The van der Waals surface area contributed by atoms with Crippen molar-refractivity contribution in [3.05, 3.63) is 28.1 Å². The van der Waals surface area contributed by atoms with E-state index in [1.165, 1.54) is 0 Å². The first-order valence-corrected chi connectivity index (χ1v) is 3.62. The quantitative estimate of drug-likeness (QED) is 0.567. The molecule has 1 heterocycles. The van der Waals surface area contributed by atoms with Crippen molar-refractivity contribution < 1.29 is 22.8 Å². The van der Waals surface area contributed by atoms with E-state index < -0.39 is 28.2 Å². The molecule has 0 atom stereocenters. The maximum atomic E-state index is 12.3. The molecule has 5 nitrogen and oxygen atoms in total. The fourth-order valence-corrected chi connectivity index (χ4v) is 0.985. The molecule has 0 spiro atoms. The zero-order valence-corrected chi connectivity index (χ0v) is 7.41. The van der Waals surface area contributed by atoms with Crippen LogP contribution in [-0.4, -0.2) is 17.0 Å². The number of alkyl halides is 3. The van der Waals surface area contributed by atoms with E-state index in [0.717, 1.165) is 19.4 Å². The van der Waals surface area contributed by atoms with E-state index in [2.05, 4.69) is 9.72 Å². The van der Waals surface area contributed by atoms with Crippen LogP contribution in [0.1, 0.15) is 5.69 Å². The minimum absolute atomic E-state index is 0.470. The van der Waals surface area contributed by atoms with Crippen LogP contribution in [0.15, 0.2) is 12.3 Å².